The molecule has 0 saturated carbocycles. The Kier molecular flexibility index (Phi) is 6.63. The van der Waals surface area contributed by atoms with Crippen molar-refractivity contribution in [3.8, 4) is 23.1 Å². The minimum absolute atomic E-state index is 0.116. The van der Waals surface area contributed by atoms with Gasteiger partial charge in [0.05, 0.1) is 18.4 Å². The number of carbonyl (C=O) groups excluding carboxylic acids is 1. The second-order valence-electron chi connectivity index (χ2n) is 5.83. The first-order chi connectivity index (χ1) is 13.6. The Hall–Kier alpha value is -2.89. The highest BCUT2D eigenvalue weighted by Gasteiger charge is 2.10. The average molecular weight is 411 g/mol. The molecule has 3 rings (SSSR count). The van der Waals surface area contributed by atoms with Crippen LogP contribution in [0, 0.1) is 18.3 Å². The van der Waals surface area contributed by atoms with Gasteiger partial charge in [-0.25, -0.2) is 9.97 Å². The van der Waals surface area contributed by atoms with Crippen molar-refractivity contribution in [3.05, 3.63) is 53.0 Å². The summed E-state index contributed by atoms with van der Waals surface area (Å²) in [4.78, 5) is 21.0. The molecule has 2 heterocycles. The van der Waals surface area contributed by atoms with E-state index < -0.39 is 0 Å². The molecule has 0 aliphatic carbocycles. The van der Waals surface area contributed by atoms with Gasteiger partial charge in [-0.2, -0.15) is 5.26 Å². The summed E-state index contributed by atoms with van der Waals surface area (Å²) in [6, 6.07) is 13.3. The predicted octanol–water partition coefficient (Wildman–Crippen LogP) is 4.51. The van der Waals surface area contributed by atoms with Crippen LogP contribution < -0.4 is 10.1 Å². The molecule has 6 nitrogen and oxygen atoms in total. The smallest absolute Gasteiger partial charge is 0.226 e. The van der Waals surface area contributed by atoms with Crippen LogP contribution in [0.4, 0.5) is 5.13 Å². The topological polar surface area (TPSA) is 87.9 Å². The van der Waals surface area contributed by atoms with Gasteiger partial charge in [-0.15, -0.1) is 23.1 Å². The molecule has 8 heteroatoms. The first-order valence-corrected chi connectivity index (χ1v) is 10.4. The second-order valence-corrected chi connectivity index (χ2v) is 7.77. The van der Waals surface area contributed by atoms with E-state index in [0.29, 0.717) is 27.9 Å². The summed E-state index contributed by atoms with van der Waals surface area (Å²) in [5.74, 6) is 1.20. The van der Waals surface area contributed by atoms with Gasteiger partial charge in [0.25, 0.3) is 0 Å². The van der Waals surface area contributed by atoms with Gasteiger partial charge < -0.3 is 10.1 Å². The van der Waals surface area contributed by atoms with Gasteiger partial charge >= 0.3 is 0 Å². The number of methoxy groups -OCH3 is 1. The van der Waals surface area contributed by atoms with Gasteiger partial charge in [0.1, 0.15) is 16.8 Å². The van der Waals surface area contributed by atoms with Crippen molar-refractivity contribution in [3.63, 3.8) is 0 Å². The molecule has 1 aromatic carbocycles. The maximum Gasteiger partial charge on any atom is 0.226 e. The number of benzene rings is 1. The third kappa shape index (κ3) is 5.09. The molecule has 1 N–H and O–H groups in total. The lowest BCUT2D eigenvalue weighted by Crippen LogP contribution is -2.12. The highest BCUT2D eigenvalue weighted by atomic mass is 32.2. The molecule has 0 unspecified atom stereocenters. The highest BCUT2D eigenvalue weighted by Crippen LogP contribution is 2.27. The number of carbonyl (C=O) groups is 1. The molecule has 0 spiro atoms. The number of thiazole rings is 1. The second kappa shape index (κ2) is 9.35. The number of aryl methyl sites for hydroxylation is 1. The molecular weight excluding hydrogens is 392 g/mol. The van der Waals surface area contributed by atoms with Gasteiger partial charge in [-0.1, -0.05) is 0 Å². The van der Waals surface area contributed by atoms with Crippen molar-refractivity contribution in [1.29, 1.82) is 5.26 Å². The minimum Gasteiger partial charge on any atom is -0.497 e. The summed E-state index contributed by atoms with van der Waals surface area (Å²) in [5, 5.41) is 15.1. The van der Waals surface area contributed by atoms with Gasteiger partial charge in [-0.05, 0) is 43.3 Å². The van der Waals surface area contributed by atoms with Crippen molar-refractivity contribution in [2.24, 2.45) is 0 Å². The van der Waals surface area contributed by atoms with Crippen LogP contribution in [0.5, 0.6) is 5.75 Å². The number of hydrogen-bond donors (Lipinski definition) is 1. The molecule has 0 atom stereocenters. The zero-order valence-electron chi connectivity index (χ0n) is 15.4. The molecule has 0 bridgehead atoms. The predicted molar refractivity (Wildman–Crippen MR) is 112 cm³/mol. The summed E-state index contributed by atoms with van der Waals surface area (Å²) in [7, 11) is 1.62. The quantitative estimate of drug-likeness (QED) is 0.577. The molecule has 0 aliphatic rings. The van der Waals surface area contributed by atoms with Gasteiger partial charge in [0, 0.05) is 28.8 Å². The van der Waals surface area contributed by atoms with Gasteiger partial charge in [0.15, 0.2) is 5.13 Å². The maximum absolute atomic E-state index is 12.2. The summed E-state index contributed by atoms with van der Waals surface area (Å²) in [6.07, 6.45) is 0.308. The fourth-order valence-corrected chi connectivity index (χ4v) is 4.07. The normalized spacial score (nSPS) is 10.3. The number of anilines is 1. The summed E-state index contributed by atoms with van der Waals surface area (Å²) >= 11 is 2.79. The molecule has 2 aromatic heterocycles. The Morgan fingerprint density at radius 3 is 2.75 bits per heavy atom. The van der Waals surface area contributed by atoms with Crippen LogP contribution in [0.2, 0.25) is 0 Å². The van der Waals surface area contributed by atoms with E-state index in [0.717, 1.165) is 22.7 Å². The number of pyridine rings is 1. The molecule has 0 saturated heterocycles. The molecule has 3 aromatic rings. The van der Waals surface area contributed by atoms with Crippen molar-refractivity contribution in [2.75, 3.05) is 18.2 Å². The molecule has 0 fully saturated rings. The lowest BCUT2D eigenvalue weighted by molar-refractivity contribution is -0.115. The summed E-state index contributed by atoms with van der Waals surface area (Å²) < 4.78 is 5.15. The van der Waals surface area contributed by atoms with Crippen LogP contribution >= 0.6 is 23.1 Å². The number of aromatic nitrogens is 2. The first kappa shape index (κ1) is 19.9. The highest BCUT2D eigenvalue weighted by molar-refractivity contribution is 7.99. The van der Waals surface area contributed by atoms with Crippen molar-refractivity contribution in [2.45, 2.75) is 18.4 Å². The van der Waals surface area contributed by atoms with E-state index in [1.807, 2.05) is 36.6 Å². The Labute approximate surface area is 171 Å². The first-order valence-electron chi connectivity index (χ1n) is 8.49. The minimum atomic E-state index is -0.116. The van der Waals surface area contributed by atoms with E-state index in [1.165, 1.54) is 23.1 Å². The number of amides is 1. The fourth-order valence-electron chi connectivity index (χ4n) is 2.38. The standard InChI is InChI=1S/C20H18N4O2S2/c1-13-3-4-15(11-21)19(22-13)27-10-9-18(25)24-20-23-17(12-28-20)14-5-7-16(26-2)8-6-14/h3-8,12H,9-10H2,1-2H3,(H,23,24,25). The fraction of sp³-hybridized carbons (Fsp3) is 0.200. The molecule has 0 aliphatic heterocycles. The largest absolute Gasteiger partial charge is 0.497 e. The van der Waals surface area contributed by atoms with Crippen LogP contribution in [0.15, 0.2) is 46.8 Å². The molecule has 1 amide bonds. The Morgan fingerprint density at radius 2 is 2.04 bits per heavy atom. The van der Waals surface area contributed by atoms with E-state index in [1.54, 1.807) is 19.2 Å². The summed E-state index contributed by atoms with van der Waals surface area (Å²) in [6.45, 7) is 1.88. The summed E-state index contributed by atoms with van der Waals surface area (Å²) in [5.41, 5.74) is 3.14. The lowest BCUT2D eigenvalue weighted by Gasteiger charge is -2.04. The third-order valence-electron chi connectivity index (χ3n) is 3.82. The van der Waals surface area contributed by atoms with E-state index in [-0.39, 0.29) is 5.91 Å². The van der Waals surface area contributed by atoms with E-state index >= 15 is 0 Å². The number of rotatable bonds is 7. The third-order valence-corrected chi connectivity index (χ3v) is 5.57. The number of nitriles is 1. The van der Waals surface area contributed by atoms with Crippen LogP contribution in [0.25, 0.3) is 11.3 Å². The van der Waals surface area contributed by atoms with Gasteiger partial charge in [-0.3, -0.25) is 4.79 Å². The molecular formula is C20H18N4O2S2. The number of nitrogens with one attached hydrogen (secondary N) is 1. The van der Waals surface area contributed by atoms with Gasteiger partial charge in [0.2, 0.25) is 5.91 Å². The zero-order valence-corrected chi connectivity index (χ0v) is 17.1. The number of hydrogen-bond acceptors (Lipinski definition) is 7. The van der Waals surface area contributed by atoms with Crippen molar-refractivity contribution in [1.82, 2.24) is 9.97 Å². The van der Waals surface area contributed by atoms with Crippen LogP contribution in [0.3, 0.4) is 0 Å². The van der Waals surface area contributed by atoms with E-state index in [9.17, 15) is 4.79 Å². The van der Waals surface area contributed by atoms with Crippen LogP contribution in [-0.4, -0.2) is 28.7 Å². The molecule has 0 radical (unpaired) electrons. The SMILES string of the molecule is COc1ccc(-c2csc(NC(=O)CCSc3nc(C)ccc3C#N)n2)cc1. The maximum atomic E-state index is 12.2. The Balaban J connectivity index is 1.53. The Bertz CT molecular complexity index is 1010. The zero-order chi connectivity index (χ0) is 19.9. The van der Waals surface area contributed by atoms with Crippen LogP contribution in [0.1, 0.15) is 17.7 Å². The number of thioether (sulfide) groups is 1. The van der Waals surface area contributed by atoms with Crippen molar-refractivity contribution < 1.29 is 9.53 Å². The molecule has 28 heavy (non-hydrogen) atoms. The van der Waals surface area contributed by atoms with Crippen molar-refractivity contribution >= 4 is 34.1 Å². The number of nitrogens with zero attached hydrogens (tertiary/aromatic N) is 3. The number of ether oxygens (including phenoxy) is 1. The van der Waals surface area contributed by atoms with E-state index in [4.69, 9.17) is 10.00 Å². The van der Waals surface area contributed by atoms with Crippen LogP contribution in [-0.2, 0) is 4.79 Å². The monoisotopic (exact) mass is 410 g/mol. The average Bonchev–Trinajstić information content (AvgIpc) is 3.16. The lowest BCUT2D eigenvalue weighted by atomic mass is 10.2. The molecule has 142 valence electrons. The van der Waals surface area contributed by atoms with E-state index in [2.05, 4.69) is 21.4 Å². The Morgan fingerprint density at radius 1 is 1.25 bits per heavy atom.